The van der Waals surface area contributed by atoms with Crippen molar-refractivity contribution in [2.45, 2.75) is 51.7 Å². The van der Waals surface area contributed by atoms with Gasteiger partial charge in [-0.2, -0.15) is 0 Å². The number of nitrogens with two attached hydrogens (primary N) is 1. The van der Waals surface area contributed by atoms with Gasteiger partial charge >= 0.3 is 0 Å². The second-order valence-electron chi connectivity index (χ2n) is 5.45. The zero-order chi connectivity index (χ0) is 14.7. The van der Waals surface area contributed by atoms with Crippen molar-refractivity contribution in [3.8, 4) is 0 Å². The molecule has 2 rings (SSSR count). The smallest absolute Gasteiger partial charge is 0.170 e. The number of hydrogen-bond donors (Lipinski definition) is 2. The summed E-state index contributed by atoms with van der Waals surface area (Å²) in [5.74, 6) is -0.420. The maximum atomic E-state index is 13.4. The molecular weight excluding hydrogens is 257 g/mol. The van der Waals surface area contributed by atoms with Gasteiger partial charge in [0.25, 0.3) is 0 Å². The van der Waals surface area contributed by atoms with Crippen LogP contribution in [0.15, 0.2) is 23.4 Å². The molecule has 2 unspecified atom stereocenters. The highest BCUT2D eigenvalue weighted by atomic mass is 19.1. The van der Waals surface area contributed by atoms with Gasteiger partial charge in [-0.05, 0) is 43.9 Å². The van der Waals surface area contributed by atoms with Crippen LogP contribution in [-0.4, -0.2) is 28.0 Å². The summed E-state index contributed by atoms with van der Waals surface area (Å²) in [5, 5.41) is 11.8. The molecule has 3 N–H and O–H groups in total. The highest BCUT2D eigenvalue weighted by Crippen LogP contribution is 2.28. The van der Waals surface area contributed by atoms with E-state index in [9.17, 15) is 4.39 Å². The maximum absolute atomic E-state index is 13.4. The average molecular weight is 279 g/mol. The van der Waals surface area contributed by atoms with Crippen LogP contribution in [0.25, 0.3) is 0 Å². The summed E-state index contributed by atoms with van der Waals surface area (Å²) < 4.78 is 13.4. The molecule has 1 saturated heterocycles. The summed E-state index contributed by atoms with van der Waals surface area (Å²) in [6, 6.07) is 5.53. The Morgan fingerprint density at radius 1 is 1.50 bits per heavy atom. The predicted molar refractivity (Wildman–Crippen MR) is 77.2 cm³/mol. The van der Waals surface area contributed by atoms with Gasteiger partial charge in [0.05, 0.1) is 0 Å². The number of rotatable bonds is 4. The summed E-state index contributed by atoms with van der Waals surface area (Å²) in [6.07, 6.45) is 3.47. The molecule has 4 nitrogen and oxygen atoms in total. The monoisotopic (exact) mass is 279 g/mol. The Morgan fingerprint density at radius 2 is 2.25 bits per heavy atom. The summed E-state index contributed by atoms with van der Waals surface area (Å²) in [5.41, 5.74) is 7.03. The van der Waals surface area contributed by atoms with Crippen molar-refractivity contribution in [1.82, 2.24) is 4.90 Å². The Balaban J connectivity index is 2.29. The lowest BCUT2D eigenvalue weighted by molar-refractivity contribution is 0.189. The average Bonchev–Trinajstić information content (AvgIpc) is 2.80. The molecule has 0 aromatic heterocycles. The molecule has 2 atom stereocenters. The van der Waals surface area contributed by atoms with Crippen molar-refractivity contribution in [3.05, 3.63) is 35.1 Å². The normalized spacial score (nSPS) is 24.2. The van der Waals surface area contributed by atoms with Crippen LogP contribution >= 0.6 is 0 Å². The van der Waals surface area contributed by atoms with Crippen molar-refractivity contribution in [3.63, 3.8) is 0 Å². The maximum Gasteiger partial charge on any atom is 0.170 e. The fourth-order valence-electron chi connectivity index (χ4n) is 3.02. The molecule has 0 amide bonds. The summed E-state index contributed by atoms with van der Waals surface area (Å²) >= 11 is 0. The zero-order valence-electron chi connectivity index (χ0n) is 12.0. The van der Waals surface area contributed by atoms with Crippen molar-refractivity contribution in [2.75, 3.05) is 0 Å². The van der Waals surface area contributed by atoms with Crippen LogP contribution in [0.4, 0.5) is 4.39 Å². The third-order valence-corrected chi connectivity index (χ3v) is 4.23. The highest BCUT2D eigenvalue weighted by molar-refractivity contribution is 5.98. The summed E-state index contributed by atoms with van der Waals surface area (Å²) in [4.78, 5) is 2.42. The quantitative estimate of drug-likeness (QED) is 0.385. The topological polar surface area (TPSA) is 61.8 Å². The van der Waals surface area contributed by atoms with Gasteiger partial charge in [0, 0.05) is 24.2 Å². The van der Waals surface area contributed by atoms with E-state index in [1.54, 1.807) is 6.07 Å². The van der Waals surface area contributed by atoms with Gasteiger partial charge in [-0.25, -0.2) is 4.39 Å². The van der Waals surface area contributed by atoms with Crippen LogP contribution in [0.2, 0.25) is 0 Å². The van der Waals surface area contributed by atoms with Crippen molar-refractivity contribution < 1.29 is 9.60 Å². The molecule has 1 aromatic carbocycles. The van der Waals surface area contributed by atoms with Gasteiger partial charge in [-0.3, -0.25) is 4.90 Å². The molecule has 1 aliphatic rings. The molecule has 1 fully saturated rings. The summed E-state index contributed by atoms with van der Waals surface area (Å²) in [6.45, 7) is 5.10. The lowest BCUT2D eigenvalue weighted by Crippen LogP contribution is -2.34. The van der Waals surface area contributed by atoms with Crippen molar-refractivity contribution in [2.24, 2.45) is 10.9 Å². The van der Waals surface area contributed by atoms with Gasteiger partial charge in [0.15, 0.2) is 5.84 Å². The third kappa shape index (κ3) is 2.93. The Labute approximate surface area is 119 Å². The Kier molecular flexibility index (Phi) is 4.60. The first-order valence-corrected chi connectivity index (χ1v) is 7.08. The number of likely N-dealkylation sites (tertiary alicyclic amines) is 1. The van der Waals surface area contributed by atoms with Gasteiger partial charge in [-0.15, -0.1) is 0 Å². The fourth-order valence-corrected chi connectivity index (χ4v) is 3.02. The molecule has 0 saturated carbocycles. The second-order valence-corrected chi connectivity index (χ2v) is 5.45. The molecule has 20 heavy (non-hydrogen) atoms. The van der Waals surface area contributed by atoms with E-state index in [4.69, 9.17) is 10.9 Å². The Bertz CT molecular complexity index is 504. The number of oxime groups is 1. The third-order valence-electron chi connectivity index (χ3n) is 4.23. The van der Waals surface area contributed by atoms with Crippen LogP contribution in [0.5, 0.6) is 0 Å². The Hall–Kier alpha value is -1.62. The second kappa shape index (κ2) is 6.22. The number of halogens is 1. The molecule has 0 radical (unpaired) electrons. The van der Waals surface area contributed by atoms with E-state index in [0.29, 0.717) is 24.2 Å². The van der Waals surface area contributed by atoms with Crippen LogP contribution < -0.4 is 5.73 Å². The molecule has 1 aromatic rings. The van der Waals surface area contributed by atoms with Crippen LogP contribution in [0, 0.1) is 5.82 Å². The minimum Gasteiger partial charge on any atom is -0.409 e. The number of benzene rings is 1. The molecular formula is C15H22FN3O. The number of hydrogen-bond acceptors (Lipinski definition) is 3. The van der Waals surface area contributed by atoms with Gasteiger partial charge in [0.1, 0.15) is 5.82 Å². The van der Waals surface area contributed by atoms with Crippen LogP contribution in [0.1, 0.15) is 44.2 Å². The zero-order valence-corrected chi connectivity index (χ0v) is 12.0. The van der Waals surface area contributed by atoms with E-state index in [0.717, 1.165) is 12.0 Å². The molecule has 0 bridgehead atoms. The molecule has 110 valence electrons. The lowest BCUT2D eigenvalue weighted by Gasteiger charge is -2.28. The van der Waals surface area contributed by atoms with Gasteiger partial charge in [-0.1, -0.05) is 18.1 Å². The lowest BCUT2D eigenvalue weighted by atomic mass is 10.0. The fraction of sp³-hybridized carbons (Fsp3) is 0.533. The van der Waals surface area contributed by atoms with E-state index in [1.165, 1.54) is 25.0 Å². The van der Waals surface area contributed by atoms with Crippen LogP contribution in [-0.2, 0) is 6.54 Å². The van der Waals surface area contributed by atoms with E-state index in [-0.39, 0.29) is 11.7 Å². The number of nitrogens with zero attached hydrogens (tertiary/aromatic N) is 2. The minimum atomic E-state index is -0.378. The Morgan fingerprint density at radius 3 is 2.90 bits per heavy atom. The molecule has 1 aliphatic heterocycles. The van der Waals surface area contributed by atoms with Crippen LogP contribution in [0.3, 0.4) is 0 Å². The van der Waals surface area contributed by atoms with E-state index in [1.807, 2.05) is 0 Å². The molecule has 1 heterocycles. The van der Waals surface area contributed by atoms with Crippen molar-refractivity contribution in [1.29, 1.82) is 0 Å². The first kappa shape index (κ1) is 14.8. The van der Waals surface area contributed by atoms with Crippen molar-refractivity contribution >= 4 is 5.84 Å². The standard InChI is InChI=1S/C15H22FN3O/c1-3-13-7-4-10(2)19(13)9-11-5-6-12(16)8-14(11)15(17)18-20/h5-6,8,10,13,20H,3-4,7,9H2,1-2H3,(H2,17,18). The molecule has 0 aliphatic carbocycles. The van der Waals surface area contributed by atoms with E-state index in [2.05, 4.69) is 23.9 Å². The number of amidine groups is 1. The van der Waals surface area contributed by atoms with Gasteiger partial charge in [0.2, 0.25) is 0 Å². The minimum absolute atomic E-state index is 0.0422. The van der Waals surface area contributed by atoms with E-state index >= 15 is 0 Å². The first-order valence-electron chi connectivity index (χ1n) is 7.08. The molecule has 5 heteroatoms. The highest BCUT2D eigenvalue weighted by Gasteiger charge is 2.29. The first-order chi connectivity index (χ1) is 9.56. The largest absolute Gasteiger partial charge is 0.409 e. The molecule has 0 spiro atoms. The summed E-state index contributed by atoms with van der Waals surface area (Å²) in [7, 11) is 0. The predicted octanol–water partition coefficient (Wildman–Crippen LogP) is 2.68. The van der Waals surface area contributed by atoms with Gasteiger partial charge < -0.3 is 10.9 Å². The SMILES string of the molecule is CCC1CCC(C)N1Cc1ccc(F)cc1/C(N)=N/O. The van der Waals surface area contributed by atoms with E-state index < -0.39 is 0 Å².